The summed E-state index contributed by atoms with van der Waals surface area (Å²) in [6, 6.07) is 6.35. The number of halogens is 1. The summed E-state index contributed by atoms with van der Waals surface area (Å²) in [7, 11) is 2.06. The standard InChI is InChI=1S/C11H13BrN2/c1-14-7-8(4-5-13)10-3-2-9(12)6-11(10)14/h2-3,6-7H,4-5,13H2,1H3. The molecular formula is C11H13BrN2. The van der Waals surface area contributed by atoms with Gasteiger partial charge in [0.2, 0.25) is 0 Å². The molecule has 0 aliphatic heterocycles. The highest BCUT2D eigenvalue weighted by Gasteiger charge is 2.05. The Hall–Kier alpha value is -0.800. The minimum absolute atomic E-state index is 0.704. The molecule has 2 N–H and O–H groups in total. The maximum Gasteiger partial charge on any atom is 0.0491 e. The van der Waals surface area contributed by atoms with Gasteiger partial charge in [0.15, 0.2) is 0 Å². The minimum atomic E-state index is 0.704. The van der Waals surface area contributed by atoms with Crippen LogP contribution in [0.25, 0.3) is 10.9 Å². The van der Waals surface area contributed by atoms with Gasteiger partial charge >= 0.3 is 0 Å². The van der Waals surface area contributed by atoms with Crippen LogP contribution in [0.15, 0.2) is 28.9 Å². The normalized spacial score (nSPS) is 11.1. The van der Waals surface area contributed by atoms with Crippen molar-refractivity contribution in [2.45, 2.75) is 6.42 Å². The summed E-state index contributed by atoms with van der Waals surface area (Å²) < 4.78 is 3.26. The van der Waals surface area contributed by atoms with E-state index in [1.54, 1.807) is 0 Å². The molecule has 2 aromatic rings. The smallest absolute Gasteiger partial charge is 0.0491 e. The highest BCUT2D eigenvalue weighted by molar-refractivity contribution is 9.10. The quantitative estimate of drug-likeness (QED) is 0.875. The number of aryl methyl sites for hydroxylation is 1. The van der Waals surface area contributed by atoms with E-state index in [2.05, 4.69) is 51.9 Å². The SMILES string of the molecule is Cn1cc(CCN)c2ccc(Br)cc21. The van der Waals surface area contributed by atoms with Gasteiger partial charge in [-0.25, -0.2) is 0 Å². The lowest BCUT2D eigenvalue weighted by Gasteiger charge is -1.97. The second-order valence-corrected chi connectivity index (χ2v) is 4.38. The summed E-state index contributed by atoms with van der Waals surface area (Å²) in [4.78, 5) is 0. The average Bonchev–Trinajstić information content (AvgIpc) is 2.44. The molecule has 0 amide bonds. The van der Waals surface area contributed by atoms with Crippen molar-refractivity contribution in [2.75, 3.05) is 6.54 Å². The Kier molecular flexibility index (Phi) is 2.61. The third-order valence-corrected chi connectivity index (χ3v) is 2.94. The van der Waals surface area contributed by atoms with Crippen LogP contribution in [0.1, 0.15) is 5.56 Å². The number of rotatable bonds is 2. The molecule has 0 fully saturated rings. The number of nitrogens with zero attached hydrogens (tertiary/aromatic N) is 1. The molecule has 0 atom stereocenters. The largest absolute Gasteiger partial charge is 0.350 e. The Bertz CT molecular complexity index is 460. The summed E-state index contributed by atoms with van der Waals surface area (Å²) in [5.41, 5.74) is 8.16. The zero-order chi connectivity index (χ0) is 10.1. The summed E-state index contributed by atoms with van der Waals surface area (Å²) in [5.74, 6) is 0. The van der Waals surface area contributed by atoms with Gasteiger partial charge in [0.1, 0.15) is 0 Å². The first-order chi connectivity index (χ1) is 6.72. The van der Waals surface area contributed by atoms with Crippen molar-refractivity contribution in [1.29, 1.82) is 0 Å². The highest BCUT2D eigenvalue weighted by atomic mass is 79.9. The monoisotopic (exact) mass is 252 g/mol. The second-order valence-electron chi connectivity index (χ2n) is 3.47. The van der Waals surface area contributed by atoms with Gasteiger partial charge in [0, 0.05) is 28.6 Å². The van der Waals surface area contributed by atoms with Crippen LogP contribution >= 0.6 is 15.9 Å². The van der Waals surface area contributed by atoms with Crippen LogP contribution in [0.5, 0.6) is 0 Å². The number of benzene rings is 1. The van der Waals surface area contributed by atoms with E-state index >= 15 is 0 Å². The fraction of sp³-hybridized carbons (Fsp3) is 0.273. The Morgan fingerprint density at radius 3 is 2.93 bits per heavy atom. The number of aromatic nitrogens is 1. The number of hydrogen-bond acceptors (Lipinski definition) is 1. The van der Waals surface area contributed by atoms with Gasteiger partial charge < -0.3 is 10.3 Å². The molecule has 0 saturated heterocycles. The third kappa shape index (κ3) is 1.57. The number of nitrogens with two attached hydrogens (primary N) is 1. The Morgan fingerprint density at radius 1 is 1.43 bits per heavy atom. The molecule has 1 heterocycles. The van der Waals surface area contributed by atoms with Crippen molar-refractivity contribution in [2.24, 2.45) is 12.8 Å². The Morgan fingerprint density at radius 2 is 2.21 bits per heavy atom. The maximum atomic E-state index is 5.57. The summed E-state index contributed by atoms with van der Waals surface area (Å²) in [6.45, 7) is 0.704. The van der Waals surface area contributed by atoms with Crippen molar-refractivity contribution < 1.29 is 0 Å². The molecule has 74 valence electrons. The van der Waals surface area contributed by atoms with Crippen LogP contribution in [0.3, 0.4) is 0 Å². The first-order valence-corrected chi connectivity index (χ1v) is 5.45. The lowest BCUT2D eigenvalue weighted by Crippen LogP contribution is -2.01. The van der Waals surface area contributed by atoms with E-state index in [1.165, 1.54) is 16.5 Å². The fourth-order valence-corrected chi connectivity index (χ4v) is 2.14. The summed E-state index contributed by atoms with van der Waals surface area (Å²) >= 11 is 3.48. The number of hydrogen-bond donors (Lipinski definition) is 1. The topological polar surface area (TPSA) is 30.9 Å². The molecule has 0 saturated carbocycles. The van der Waals surface area contributed by atoms with Crippen LogP contribution in [0.4, 0.5) is 0 Å². The van der Waals surface area contributed by atoms with E-state index in [0.717, 1.165) is 10.9 Å². The van der Waals surface area contributed by atoms with Crippen molar-refractivity contribution in [3.63, 3.8) is 0 Å². The van der Waals surface area contributed by atoms with Crippen molar-refractivity contribution in [3.8, 4) is 0 Å². The molecule has 0 spiro atoms. The molecule has 0 radical (unpaired) electrons. The van der Waals surface area contributed by atoms with E-state index < -0.39 is 0 Å². The molecule has 1 aromatic heterocycles. The molecule has 2 rings (SSSR count). The van der Waals surface area contributed by atoms with Gasteiger partial charge in [0.05, 0.1) is 0 Å². The predicted molar refractivity (Wildman–Crippen MR) is 63.4 cm³/mol. The Labute approximate surface area is 91.8 Å². The van der Waals surface area contributed by atoms with Crippen molar-refractivity contribution in [3.05, 3.63) is 34.4 Å². The summed E-state index contributed by atoms with van der Waals surface area (Å²) in [6.07, 6.45) is 3.10. The molecule has 14 heavy (non-hydrogen) atoms. The van der Waals surface area contributed by atoms with Crippen LogP contribution in [-0.4, -0.2) is 11.1 Å². The van der Waals surface area contributed by atoms with E-state index in [1.807, 2.05) is 0 Å². The fourth-order valence-electron chi connectivity index (χ4n) is 1.80. The molecule has 0 bridgehead atoms. The van der Waals surface area contributed by atoms with Gasteiger partial charge in [-0.3, -0.25) is 0 Å². The minimum Gasteiger partial charge on any atom is -0.350 e. The first-order valence-electron chi connectivity index (χ1n) is 4.66. The molecule has 0 aliphatic carbocycles. The van der Waals surface area contributed by atoms with Gasteiger partial charge in [-0.2, -0.15) is 0 Å². The van der Waals surface area contributed by atoms with Gasteiger partial charge in [-0.05, 0) is 30.7 Å². The van der Waals surface area contributed by atoms with Crippen LogP contribution in [0, 0.1) is 0 Å². The van der Waals surface area contributed by atoms with Crippen molar-refractivity contribution >= 4 is 26.8 Å². The molecule has 2 nitrogen and oxygen atoms in total. The van der Waals surface area contributed by atoms with E-state index in [-0.39, 0.29) is 0 Å². The molecule has 3 heteroatoms. The molecule has 0 aliphatic rings. The van der Waals surface area contributed by atoms with E-state index in [4.69, 9.17) is 5.73 Å². The van der Waals surface area contributed by atoms with Crippen molar-refractivity contribution in [1.82, 2.24) is 4.57 Å². The maximum absolute atomic E-state index is 5.57. The predicted octanol–water partition coefficient (Wildman–Crippen LogP) is 2.44. The lowest BCUT2D eigenvalue weighted by molar-refractivity contribution is 0.929. The van der Waals surface area contributed by atoms with Gasteiger partial charge in [-0.15, -0.1) is 0 Å². The summed E-state index contributed by atoms with van der Waals surface area (Å²) in [5, 5.41) is 1.31. The zero-order valence-corrected chi connectivity index (χ0v) is 9.71. The molecule has 0 unspecified atom stereocenters. The first kappa shape index (κ1) is 9.74. The average molecular weight is 253 g/mol. The van der Waals surface area contributed by atoms with Crippen LogP contribution in [-0.2, 0) is 13.5 Å². The van der Waals surface area contributed by atoms with Crippen LogP contribution < -0.4 is 5.73 Å². The lowest BCUT2D eigenvalue weighted by atomic mass is 10.1. The molecule has 1 aromatic carbocycles. The van der Waals surface area contributed by atoms with Gasteiger partial charge in [0.25, 0.3) is 0 Å². The third-order valence-electron chi connectivity index (χ3n) is 2.45. The number of fused-ring (bicyclic) bond motifs is 1. The Balaban J connectivity index is 2.65. The second kappa shape index (κ2) is 3.75. The van der Waals surface area contributed by atoms with Gasteiger partial charge in [-0.1, -0.05) is 22.0 Å². The van der Waals surface area contributed by atoms with Crippen LogP contribution in [0.2, 0.25) is 0 Å². The zero-order valence-electron chi connectivity index (χ0n) is 8.13. The highest BCUT2D eigenvalue weighted by Crippen LogP contribution is 2.24. The van der Waals surface area contributed by atoms with E-state index in [9.17, 15) is 0 Å². The van der Waals surface area contributed by atoms with E-state index in [0.29, 0.717) is 6.54 Å². The molecular weight excluding hydrogens is 240 g/mol.